The van der Waals surface area contributed by atoms with Crippen molar-refractivity contribution >= 4 is 16.2 Å². The summed E-state index contributed by atoms with van der Waals surface area (Å²) in [5.74, 6) is 0. The molecule has 0 N–H and O–H groups in total. The molecule has 8 heteroatoms. The van der Waals surface area contributed by atoms with Gasteiger partial charge in [-0.3, -0.25) is 0 Å². The van der Waals surface area contributed by atoms with Crippen LogP contribution in [0.3, 0.4) is 0 Å². The molecule has 1 aromatic rings. The molecule has 24 heavy (non-hydrogen) atoms. The number of benzene rings is 1. The Morgan fingerprint density at radius 1 is 1.25 bits per heavy atom. The van der Waals surface area contributed by atoms with Crippen molar-refractivity contribution in [1.29, 1.82) is 0 Å². The smallest absolute Gasteiger partial charge is 0.410 e. The zero-order valence-corrected chi connectivity index (χ0v) is 15.1. The van der Waals surface area contributed by atoms with Crippen molar-refractivity contribution in [3.63, 3.8) is 0 Å². The number of nitrogens with zero attached hydrogens (tertiary/aromatic N) is 1. The molecule has 1 aromatic carbocycles. The van der Waals surface area contributed by atoms with Gasteiger partial charge in [0.25, 0.3) is 0 Å². The van der Waals surface area contributed by atoms with Crippen LogP contribution in [0.15, 0.2) is 29.2 Å². The van der Waals surface area contributed by atoms with Crippen LogP contribution in [0.25, 0.3) is 0 Å². The second-order valence-corrected chi connectivity index (χ2v) is 8.25. The molecular weight excluding hydrogens is 334 g/mol. The Bertz CT molecular complexity index is 678. The number of amides is 1. The van der Waals surface area contributed by atoms with Crippen LogP contribution in [0.5, 0.6) is 0 Å². The van der Waals surface area contributed by atoms with E-state index in [1.54, 1.807) is 32.9 Å². The van der Waals surface area contributed by atoms with Crippen LogP contribution in [-0.2, 0) is 24.1 Å². The molecule has 134 valence electrons. The van der Waals surface area contributed by atoms with Gasteiger partial charge in [0, 0.05) is 6.54 Å². The van der Waals surface area contributed by atoms with E-state index in [-0.39, 0.29) is 17.5 Å². The summed E-state index contributed by atoms with van der Waals surface area (Å²) in [5.41, 5.74) is 0.362. The lowest BCUT2D eigenvalue weighted by atomic mass is 10.1. The highest BCUT2D eigenvalue weighted by Gasteiger charge is 2.36. The molecule has 1 amide bonds. The molecule has 1 atom stereocenters. The topological polar surface area (TPSA) is 82.1 Å². The van der Waals surface area contributed by atoms with Gasteiger partial charge in [-0.2, -0.15) is 8.42 Å². The zero-order chi connectivity index (χ0) is 18.0. The largest absolute Gasteiger partial charge is 0.444 e. The van der Waals surface area contributed by atoms with Crippen molar-refractivity contribution in [3.05, 3.63) is 29.8 Å². The number of aryl methyl sites for hydroxylation is 1. The summed E-state index contributed by atoms with van der Waals surface area (Å²) in [7, 11) is -3.98. The molecule has 0 unspecified atom stereocenters. The van der Waals surface area contributed by atoms with Crippen LogP contribution in [0.4, 0.5) is 4.79 Å². The lowest BCUT2D eigenvalue weighted by Gasteiger charge is -2.40. The highest BCUT2D eigenvalue weighted by molar-refractivity contribution is 7.86. The Labute approximate surface area is 142 Å². The van der Waals surface area contributed by atoms with E-state index >= 15 is 0 Å². The highest BCUT2D eigenvalue weighted by atomic mass is 32.2. The number of hydrogen-bond donors (Lipinski definition) is 0. The van der Waals surface area contributed by atoms with E-state index in [2.05, 4.69) is 4.33 Å². The highest BCUT2D eigenvalue weighted by Crippen LogP contribution is 2.22. The summed E-state index contributed by atoms with van der Waals surface area (Å²) in [6.45, 7) is 7.72. The number of ether oxygens (including phenoxy) is 1. The molecule has 0 aliphatic carbocycles. The molecule has 0 bridgehead atoms. The van der Waals surface area contributed by atoms with Crippen molar-refractivity contribution in [1.82, 2.24) is 4.90 Å². The van der Waals surface area contributed by atoms with Gasteiger partial charge in [-0.1, -0.05) is 17.7 Å². The van der Waals surface area contributed by atoms with Crippen molar-refractivity contribution in [2.24, 2.45) is 0 Å². The number of rotatable bonds is 5. The third-order valence-corrected chi connectivity index (χ3v) is 4.60. The van der Waals surface area contributed by atoms with Gasteiger partial charge in [0.1, 0.15) is 12.2 Å². The number of hydrogen-bond acceptors (Lipinski definition) is 6. The summed E-state index contributed by atoms with van der Waals surface area (Å²) < 4.78 is 33.8. The van der Waals surface area contributed by atoms with E-state index in [4.69, 9.17) is 9.62 Å². The number of carbonyl (C=O) groups is 1. The van der Waals surface area contributed by atoms with Crippen LogP contribution in [0, 0.1) is 6.92 Å². The first-order valence-corrected chi connectivity index (χ1v) is 9.12. The summed E-state index contributed by atoms with van der Waals surface area (Å²) in [4.78, 5) is 18.3. The van der Waals surface area contributed by atoms with Gasteiger partial charge in [-0.05, 0) is 46.2 Å². The number of carbonyl (C=O) groups excluding carboxylic acids is 1. The quantitative estimate of drug-likeness (QED) is 0.595. The van der Waals surface area contributed by atoms with Gasteiger partial charge < -0.3 is 9.64 Å². The molecule has 2 rings (SSSR count). The van der Waals surface area contributed by atoms with Crippen LogP contribution in [-0.4, -0.2) is 44.2 Å². The third-order valence-electron chi connectivity index (χ3n) is 3.48. The Morgan fingerprint density at radius 3 is 2.38 bits per heavy atom. The molecule has 1 aliphatic rings. The molecule has 0 aromatic heterocycles. The summed E-state index contributed by atoms with van der Waals surface area (Å²) in [6, 6.07) is 5.99. The Kier molecular flexibility index (Phi) is 5.52. The lowest BCUT2D eigenvalue weighted by Crippen LogP contribution is -2.54. The minimum Gasteiger partial charge on any atom is -0.444 e. The van der Waals surface area contributed by atoms with E-state index in [9.17, 15) is 13.2 Å². The predicted octanol–water partition coefficient (Wildman–Crippen LogP) is 2.64. The standard InChI is InChI=1S/C16H23NO6S/c1-12-5-7-14(8-6-12)24(19,20)23-21-11-13-9-10-17(13)15(18)22-16(2,3)4/h5-8,13H,9-11H2,1-4H3/t13-/m1/s1. The van der Waals surface area contributed by atoms with E-state index < -0.39 is 21.8 Å². The fourth-order valence-electron chi connectivity index (χ4n) is 2.09. The summed E-state index contributed by atoms with van der Waals surface area (Å²) >= 11 is 0. The van der Waals surface area contributed by atoms with Gasteiger partial charge in [0.15, 0.2) is 0 Å². The Hall–Kier alpha value is -1.64. The van der Waals surface area contributed by atoms with Gasteiger partial charge in [-0.25, -0.2) is 9.68 Å². The van der Waals surface area contributed by atoms with Crippen LogP contribution >= 0.6 is 0 Å². The first-order valence-electron chi connectivity index (χ1n) is 7.71. The van der Waals surface area contributed by atoms with Crippen molar-refractivity contribution < 1.29 is 27.2 Å². The molecule has 1 heterocycles. The molecule has 1 aliphatic heterocycles. The molecule has 1 saturated heterocycles. The van der Waals surface area contributed by atoms with E-state index in [0.29, 0.717) is 13.0 Å². The second kappa shape index (κ2) is 7.08. The Morgan fingerprint density at radius 2 is 1.88 bits per heavy atom. The van der Waals surface area contributed by atoms with Gasteiger partial charge in [0.2, 0.25) is 0 Å². The molecule has 0 spiro atoms. The number of likely N-dealkylation sites (tertiary alicyclic amines) is 1. The normalized spacial score (nSPS) is 18.2. The first kappa shape index (κ1) is 18.7. The zero-order valence-electron chi connectivity index (χ0n) is 14.3. The van der Waals surface area contributed by atoms with Gasteiger partial charge >= 0.3 is 16.2 Å². The van der Waals surface area contributed by atoms with E-state index in [0.717, 1.165) is 5.56 Å². The van der Waals surface area contributed by atoms with Gasteiger partial charge in [-0.15, -0.1) is 4.33 Å². The van der Waals surface area contributed by atoms with Crippen LogP contribution in [0.2, 0.25) is 0 Å². The monoisotopic (exact) mass is 357 g/mol. The maximum Gasteiger partial charge on any atom is 0.410 e. The Balaban J connectivity index is 1.83. The fraction of sp³-hybridized carbons (Fsp3) is 0.562. The fourth-order valence-corrected chi connectivity index (χ4v) is 2.82. The maximum atomic E-state index is 12.0. The summed E-state index contributed by atoms with van der Waals surface area (Å²) in [6.07, 6.45) is 0.261. The van der Waals surface area contributed by atoms with Crippen molar-refractivity contribution in [3.8, 4) is 0 Å². The van der Waals surface area contributed by atoms with E-state index in [1.807, 2.05) is 6.92 Å². The first-order chi connectivity index (χ1) is 11.1. The molecule has 1 fully saturated rings. The molecule has 0 saturated carbocycles. The van der Waals surface area contributed by atoms with Crippen molar-refractivity contribution in [2.75, 3.05) is 13.2 Å². The van der Waals surface area contributed by atoms with Crippen LogP contribution in [0.1, 0.15) is 32.8 Å². The third kappa shape index (κ3) is 4.93. The minimum atomic E-state index is -3.98. The molecule has 7 nitrogen and oxygen atoms in total. The maximum absolute atomic E-state index is 12.0. The van der Waals surface area contributed by atoms with Crippen LogP contribution < -0.4 is 0 Å². The van der Waals surface area contributed by atoms with E-state index in [1.165, 1.54) is 17.0 Å². The predicted molar refractivity (Wildman–Crippen MR) is 86.7 cm³/mol. The second-order valence-electron chi connectivity index (χ2n) is 6.74. The molecular formula is C16H23NO6S. The minimum absolute atomic E-state index is 0.0192. The van der Waals surface area contributed by atoms with Crippen molar-refractivity contribution in [2.45, 2.75) is 50.7 Å². The van der Waals surface area contributed by atoms with Gasteiger partial charge in [0.05, 0.1) is 10.9 Å². The average Bonchev–Trinajstić information content (AvgIpc) is 2.40. The summed E-state index contributed by atoms with van der Waals surface area (Å²) in [5, 5.41) is 0. The SMILES string of the molecule is Cc1ccc(S(=O)(=O)OOC[C@H]2CCN2C(=O)OC(C)(C)C)cc1. The average molecular weight is 357 g/mol. The lowest BCUT2D eigenvalue weighted by molar-refractivity contribution is -0.218. The molecule has 0 radical (unpaired) electrons.